The number of hydrogen-bond donors (Lipinski definition) is 1. The predicted octanol–water partition coefficient (Wildman–Crippen LogP) is 1.08. The van der Waals surface area contributed by atoms with Crippen molar-refractivity contribution in [3.8, 4) is 12.3 Å². The van der Waals surface area contributed by atoms with Crippen molar-refractivity contribution in [2.45, 2.75) is 44.8 Å². The highest BCUT2D eigenvalue weighted by molar-refractivity contribution is 5.77. The minimum atomic E-state index is -0.560. The molecule has 0 bridgehead atoms. The van der Waals surface area contributed by atoms with Crippen LogP contribution in [0.1, 0.15) is 33.1 Å². The molecule has 1 amide bonds. The molecule has 3 heteroatoms. The first-order chi connectivity index (χ1) is 6.53. The van der Waals surface area contributed by atoms with Crippen LogP contribution in [0.15, 0.2) is 0 Å². The van der Waals surface area contributed by atoms with Crippen LogP contribution in [0, 0.1) is 12.3 Å². The van der Waals surface area contributed by atoms with Gasteiger partial charge in [-0.1, -0.05) is 5.92 Å². The third-order valence-corrected chi connectivity index (χ3v) is 2.25. The van der Waals surface area contributed by atoms with Crippen molar-refractivity contribution in [1.82, 2.24) is 5.32 Å². The summed E-state index contributed by atoms with van der Waals surface area (Å²) in [4.78, 5) is 11.5. The molecule has 78 valence electrons. The van der Waals surface area contributed by atoms with Crippen LogP contribution in [0.3, 0.4) is 0 Å². The summed E-state index contributed by atoms with van der Waals surface area (Å²) in [6.07, 6.45) is 7.80. The summed E-state index contributed by atoms with van der Waals surface area (Å²) in [5.74, 6) is 2.50. The van der Waals surface area contributed by atoms with Gasteiger partial charge < -0.3 is 10.1 Å². The van der Waals surface area contributed by atoms with Crippen LogP contribution >= 0.6 is 0 Å². The number of ether oxygens (including phenoxy) is 1. The van der Waals surface area contributed by atoms with Gasteiger partial charge in [-0.25, -0.2) is 0 Å². The van der Waals surface area contributed by atoms with E-state index in [4.69, 9.17) is 11.2 Å². The standard InChI is InChI=1S/C11H17NO2/c1-4-11(2,3)12-10(13)8-9-6-5-7-14-9/h1,9H,5-8H2,2-3H3,(H,12,13). The van der Waals surface area contributed by atoms with Crippen molar-refractivity contribution in [2.24, 2.45) is 0 Å². The van der Waals surface area contributed by atoms with E-state index >= 15 is 0 Å². The van der Waals surface area contributed by atoms with Crippen LogP contribution in [0.5, 0.6) is 0 Å². The second kappa shape index (κ2) is 4.47. The van der Waals surface area contributed by atoms with E-state index in [0.717, 1.165) is 19.4 Å². The fourth-order valence-electron chi connectivity index (χ4n) is 1.45. The SMILES string of the molecule is C#CC(C)(C)NC(=O)CC1CCCO1. The average molecular weight is 195 g/mol. The third-order valence-electron chi connectivity index (χ3n) is 2.25. The summed E-state index contributed by atoms with van der Waals surface area (Å²) in [5, 5.41) is 2.78. The van der Waals surface area contributed by atoms with E-state index in [1.807, 2.05) is 0 Å². The summed E-state index contributed by atoms with van der Waals surface area (Å²) < 4.78 is 5.36. The van der Waals surface area contributed by atoms with Crippen molar-refractivity contribution >= 4 is 5.91 Å². The summed E-state index contributed by atoms with van der Waals surface area (Å²) in [7, 11) is 0. The fraction of sp³-hybridized carbons (Fsp3) is 0.727. The third kappa shape index (κ3) is 3.39. The predicted molar refractivity (Wildman–Crippen MR) is 54.6 cm³/mol. The molecule has 0 aromatic carbocycles. The molecule has 0 saturated carbocycles. The Labute approximate surface area is 85.2 Å². The highest BCUT2D eigenvalue weighted by atomic mass is 16.5. The molecule has 0 radical (unpaired) electrons. The molecular weight excluding hydrogens is 178 g/mol. The highest BCUT2D eigenvalue weighted by Crippen LogP contribution is 2.15. The molecule has 0 spiro atoms. The first-order valence-electron chi connectivity index (χ1n) is 4.94. The van der Waals surface area contributed by atoms with Gasteiger partial charge in [0.05, 0.1) is 18.1 Å². The monoisotopic (exact) mass is 195 g/mol. The first-order valence-corrected chi connectivity index (χ1v) is 4.94. The maximum atomic E-state index is 11.5. The van der Waals surface area contributed by atoms with Gasteiger partial charge >= 0.3 is 0 Å². The van der Waals surface area contributed by atoms with Gasteiger partial charge in [0.2, 0.25) is 5.91 Å². The number of rotatable bonds is 3. The summed E-state index contributed by atoms with van der Waals surface area (Å²) >= 11 is 0. The molecule has 1 heterocycles. The Morgan fingerprint density at radius 1 is 1.71 bits per heavy atom. The smallest absolute Gasteiger partial charge is 0.223 e. The largest absolute Gasteiger partial charge is 0.378 e. The van der Waals surface area contributed by atoms with Gasteiger partial charge in [-0.3, -0.25) is 4.79 Å². The molecule has 1 atom stereocenters. The molecule has 0 aromatic heterocycles. The Hall–Kier alpha value is -1.01. The van der Waals surface area contributed by atoms with Crippen molar-refractivity contribution in [1.29, 1.82) is 0 Å². The highest BCUT2D eigenvalue weighted by Gasteiger charge is 2.22. The van der Waals surface area contributed by atoms with Crippen LogP contribution in [0.25, 0.3) is 0 Å². The lowest BCUT2D eigenvalue weighted by molar-refractivity contribution is -0.124. The van der Waals surface area contributed by atoms with Gasteiger partial charge in [-0.15, -0.1) is 6.42 Å². The molecule has 1 unspecified atom stereocenters. The van der Waals surface area contributed by atoms with Gasteiger partial charge in [-0.05, 0) is 26.7 Å². The number of carbonyl (C=O) groups excluding carboxylic acids is 1. The minimum Gasteiger partial charge on any atom is -0.378 e. The molecule has 1 saturated heterocycles. The maximum Gasteiger partial charge on any atom is 0.223 e. The fourth-order valence-corrected chi connectivity index (χ4v) is 1.45. The normalized spacial score (nSPS) is 21.6. The molecule has 3 nitrogen and oxygen atoms in total. The Balaban J connectivity index is 2.32. The summed E-state index contributed by atoms with van der Waals surface area (Å²) in [6.45, 7) is 4.39. The van der Waals surface area contributed by atoms with E-state index in [1.54, 1.807) is 13.8 Å². The van der Waals surface area contributed by atoms with Gasteiger partial charge in [-0.2, -0.15) is 0 Å². The molecular formula is C11H17NO2. The topological polar surface area (TPSA) is 38.3 Å². The number of nitrogens with one attached hydrogen (secondary N) is 1. The number of terminal acetylenes is 1. The van der Waals surface area contributed by atoms with Crippen molar-refractivity contribution < 1.29 is 9.53 Å². The van der Waals surface area contributed by atoms with Gasteiger partial charge in [0.25, 0.3) is 0 Å². The molecule has 0 aromatic rings. The average Bonchev–Trinajstić information content (AvgIpc) is 2.55. The van der Waals surface area contributed by atoms with Crippen LogP contribution in [-0.4, -0.2) is 24.2 Å². The Kier molecular flexibility index (Phi) is 3.54. The van der Waals surface area contributed by atoms with Gasteiger partial charge in [0.1, 0.15) is 0 Å². The second-order valence-corrected chi connectivity index (χ2v) is 4.16. The van der Waals surface area contributed by atoms with Crippen LogP contribution in [0.4, 0.5) is 0 Å². The molecule has 1 aliphatic rings. The lowest BCUT2D eigenvalue weighted by Gasteiger charge is -2.20. The van der Waals surface area contributed by atoms with E-state index in [2.05, 4.69) is 11.2 Å². The van der Waals surface area contributed by atoms with Crippen LogP contribution in [-0.2, 0) is 9.53 Å². The lowest BCUT2D eigenvalue weighted by Crippen LogP contribution is -2.43. The Morgan fingerprint density at radius 2 is 2.43 bits per heavy atom. The maximum absolute atomic E-state index is 11.5. The molecule has 1 rings (SSSR count). The van der Waals surface area contributed by atoms with E-state index in [-0.39, 0.29) is 12.0 Å². The quantitative estimate of drug-likeness (QED) is 0.684. The van der Waals surface area contributed by atoms with Gasteiger partial charge in [0, 0.05) is 6.61 Å². The lowest BCUT2D eigenvalue weighted by atomic mass is 10.1. The van der Waals surface area contributed by atoms with E-state index in [9.17, 15) is 4.79 Å². The Morgan fingerprint density at radius 3 is 2.93 bits per heavy atom. The second-order valence-electron chi connectivity index (χ2n) is 4.16. The van der Waals surface area contributed by atoms with E-state index in [1.165, 1.54) is 0 Å². The van der Waals surface area contributed by atoms with E-state index < -0.39 is 5.54 Å². The van der Waals surface area contributed by atoms with E-state index in [0.29, 0.717) is 6.42 Å². The number of amides is 1. The van der Waals surface area contributed by atoms with Crippen molar-refractivity contribution in [3.05, 3.63) is 0 Å². The number of hydrogen-bond acceptors (Lipinski definition) is 2. The van der Waals surface area contributed by atoms with Crippen molar-refractivity contribution in [3.63, 3.8) is 0 Å². The zero-order chi connectivity index (χ0) is 10.6. The van der Waals surface area contributed by atoms with Gasteiger partial charge in [0.15, 0.2) is 0 Å². The minimum absolute atomic E-state index is 0.0279. The zero-order valence-corrected chi connectivity index (χ0v) is 8.80. The summed E-state index contributed by atoms with van der Waals surface area (Å²) in [6, 6.07) is 0. The molecule has 1 N–H and O–H groups in total. The Bertz CT molecular complexity index is 247. The van der Waals surface area contributed by atoms with Crippen LogP contribution in [0.2, 0.25) is 0 Å². The number of carbonyl (C=O) groups is 1. The zero-order valence-electron chi connectivity index (χ0n) is 8.80. The van der Waals surface area contributed by atoms with Crippen LogP contribution < -0.4 is 5.32 Å². The molecule has 1 aliphatic heterocycles. The first kappa shape index (κ1) is 11.1. The van der Waals surface area contributed by atoms with Crippen molar-refractivity contribution in [2.75, 3.05) is 6.61 Å². The summed E-state index contributed by atoms with van der Waals surface area (Å²) in [5.41, 5.74) is -0.560. The molecule has 1 fully saturated rings. The molecule has 0 aliphatic carbocycles. The molecule has 14 heavy (non-hydrogen) atoms.